The normalized spacial score (nSPS) is 18.9. The van der Waals surface area contributed by atoms with Crippen LogP contribution in [0.5, 0.6) is 0 Å². The number of ketones is 1. The van der Waals surface area contributed by atoms with Crippen LogP contribution in [0.2, 0.25) is 0 Å². The second-order valence-electron chi connectivity index (χ2n) is 23.7. The fraction of sp³-hybridized carbons (Fsp3) is 0.687. The van der Waals surface area contributed by atoms with E-state index in [1.165, 1.54) is 92.4 Å². The molecule has 0 aromatic carbocycles. The van der Waals surface area contributed by atoms with Gasteiger partial charge in [-0.3, -0.25) is 33.6 Å². The summed E-state index contributed by atoms with van der Waals surface area (Å²) in [5.41, 5.74) is 4.50. The number of aliphatic hydroxyl groups excluding tert-OH is 1. The summed E-state index contributed by atoms with van der Waals surface area (Å²) >= 11 is 0. The zero-order valence-electron chi connectivity index (χ0n) is 69.0. The van der Waals surface area contributed by atoms with E-state index in [4.69, 9.17) is 29.2 Å². The number of rotatable bonds is 25. The monoisotopic (exact) mass is 2050 g/mol. The Morgan fingerprint density at radius 2 is 0.614 bits per heavy atom. The molecule has 44 nitrogen and oxygen atoms in total. The van der Waals surface area contributed by atoms with E-state index < -0.39 is 6.10 Å². The first-order valence-corrected chi connectivity index (χ1v) is 34.8. The van der Waals surface area contributed by atoms with Crippen LogP contribution in [-0.4, -0.2) is 363 Å². The number of hydrogen-bond donors (Lipinski definition) is 2. The smallest absolute Gasteiger partial charge is 0.278 e. The molecule has 3 unspecified atom stereocenters. The number of β-amino-alcohol motifs (C(OH)–C–C–N with tert-alkyl or cyclic N) is 1. The number of morpholine rings is 2. The molecule has 1 radical (unpaired) electrons. The van der Waals surface area contributed by atoms with Crippen LogP contribution in [0.1, 0.15) is 107 Å². The number of Topliss-reactive ketones (excluding diaryl/α,β-unsaturated/α-hetero) is 1. The summed E-state index contributed by atoms with van der Waals surface area (Å²) in [5, 5.41) is 69.7. The quantitative estimate of drug-likeness (QED) is 0.0747. The minimum atomic E-state index is -0.480. The molecule has 0 spiro atoms. The molecule has 0 aromatic heterocycles. The Balaban J connectivity index is -0.00000129. The number of carbonyl (C=O) groups excluding carboxylic acids is 7. The number of likely N-dealkylation sites (tertiary alicyclic amines) is 4. The van der Waals surface area contributed by atoms with Crippen LogP contribution >= 0.6 is 0 Å². The van der Waals surface area contributed by atoms with Crippen LogP contribution in [0.25, 0.3) is 0 Å². The van der Waals surface area contributed by atoms with Gasteiger partial charge in [-0.25, -0.2) is 0 Å². The molecule has 2 N–H and O–H groups in total. The average Bonchev–Trinajstić information content (AvgIpc) is 0.853. The van der Waals surface area contributed by atoms with Gasteiger partial charge in [-0.15, -0.1) is 0 Å². The predicted octanol–water partition coefficient (Wildman–Crippen LogP) is 1.81. The molecule has 6 rings (SSSR count). The minimum Gasteiger partial charge on any atom is -0.411 e. The SMILES string of the molecule is CON=C(C)C(=NOC)C(=O)N1CC(C)OC(C)C1.CON=C(C)C(=NOC)C(=O)N1CCC(=NO)CC1.CON=C(C)C(=NOC)C(=O)N1CCC(=O)CC1.CON=C(C)C(=NOC)C(=O)N1CCCC(O)C1.CON=C(C)C(=NOC)C(=O)N1CCOCC1.CON=C1CCN(C(=O)C(=NOC)C(C)=NOC)CC1.[U].[V].[W]. The van der Waals surface area contributed by atoms with E-state index in [1.807, 2.05) is 13.8 Å². The second-order valence-corrected chi connectivity index (χ2v) is 23.7. The van der Waals surface area contributed by atoms with Gasteiger partial charge in [0.25, 0.3) is 35.4 Å². The number of ether oxygens (including phenoxy) is 2. The molecular formula is C67H112N20O24UVW. The van der Waals surface area contributed by atoms with Crippen molar-refractivity contribution >= 4 is 121 Å². The van der Waals surface area contributed by atoms with Gasteiger partial charge >= 0.3 is 0 Å². The van der Waals surface area contributed by atoms with Crippen molar-refractivity contribution in [1.29, 1.82) is 0 Å². The van der Waals surface area contributed by atoms with Gasteiger partial charge in [-0.1, -0.05) is 72.2 Å². The van der Waals surface area contributed by atoms with Crippen molar-refractivity contribution in [2.45, 2.75) is 125 Å². The van der Waals surface area contributed by atoms with E-state index >= 15 is 0 Å². The molecule has 0 saturated carbocycles. The van der Waals surface area contributed by atoms with E-state index in [9.17, 15) is 38.7 Å². The van der Waals surface area contributed by atoms with Crippen molar-refractivity contribution in [3.8, 4) is 0 Å². The van der Waals surface area contributed by atoms with Gasteiger partial charge in [0.05, 0.1) is 42.9 Å². The van der Waals surface area contributed by atoms with E-state index in [1.54, 1.807) is 70.9 Å². The van der Waals surface area contributed by atoms with Crippen molar-refractivity contribution in [3.63, 3.8) is 0 Å². The van der Waals surface area contributed by atoms with Crippen molar-refractivity contribution in [2.24, 2.45) is 72.2 Å². The largest absolute Gasteiger partial charge is 0.411 e. The maximum Gasteiger partial charge on any atom is 0.278 e. The first kappa shape index (κ1) is 109. The van der Waals surface area contributed by atoms with Crippen molar-refractivity contribution in [3.05, 3.63) is 0 Å². The maximum absolute atomic E-state index is 12.4. The maximum atomic E-state index is 12.4. The van der Waals surface area contributed by atoms with E-state index in [-0.39, 0.29) is 158 Å². The van der Waals surface area contributed by atoms with Crippen LogP contribution in [0.3, 0.4) is 0 Å². The average molecular weight is 2050 g/mol. The number of carbonyl (C=O) groups is 7. The standard InChI is InChI=1S/C12H20N4O4.C12H21N3O4.C11H18N4O4.C11H17N3O4.C11H19N3O4.C10H17N3O4.U.V.W/c1-9(13-18-2)11(15-20-4)12(17)16-7-5-10(6-8-16)14-19-3;1-8-6-15(7-9(2)19-8)12(16)11(14-18-5)10(3)13-17-4;1-8(13-18-2)10(14-19-3)11(16)15-6-4-9(12-17)5-7-15;1-8(12-17-2)10(13-18-3)11(16)14-6-4-9(15)5-7-14;1-8(12-17-2)10(13-18-3)11(16)14-6-4-5-9(15)7-14;1-8(11-15-2)9(12-16-3)10(14)13-4-6-17-7-5-13;;;/h5-8H2,1-4H3;8-9H,6-7H2,1-5H3;17H,4-7H2,1-3H3;4-7H2,1-3H3;9,15H,4-7H2,1-3H3;4-7H2,1-3H3;;;. The van der Waals surface area contributed by atoms with Gasteiger partial charge in [-0.2, -0.15) is 0 Å². The molecule has 114 heavy (non-hydrogen) atoms. The van der Waals surface area contributed by atoms with E-state index in [0.717, 1.165) is 12.1 Å². The molecule has 6 heterocycles. The molecule has 6 fully saturated rings. The van der Waals surface area contributed by atoms with Gasteiger partial charge in [0.2, 0.25) is 0 Å². The third-order valence-electron chi connectivity index (χ3n) is 15.7. The summed E-state index contributed by atoms with van der Waals surface area (Å²) in [6.07, 6.45) is 4.21. The molecule has 6 aliphatic heterocycles. The molecule has 0 aliphatic carbocycles. The van der Waals surface area contributed by atoms with E-state index in [2.05, 4.69) is 121 Å². The minimum absolute atomic E-state index is 0. The van der Waals surface area contributed by atoms with Crippen LogP contribution in [-0.2, 0) is 146 Å². The van der Waals surface area contributed by atoms with Gasteiger partial charge in [0.15, 0.2) is 34.3 Å². The summed E-state index contributed by atoms with van der Waals surface area (Å²) < 4.78 is 10.8. The van der Waals surface area contributed by atoms with Crippen molar-refractivity contribution in [2.75, 3.05) is 184 Å². The summed E-state index contributed by atoms with van der Waals surface area (Å²) in [6, 6.07) is 0. The van der Waals surface area contributed by atoms with Crippen molar-refractivity contribution in [1.82, 2.24) is 29.4 Å². The number of piperidine rings is 4. The first-order chi connectivity index (χ1) is 53.2. The summed E-state index contributed by atoms with van der Waals surface area (Å²) in [7, 11) is 18.1. The van der Waals surface area contributed by atoms with Crippen LogP contribution in [0.15, 0.2) is 72.2 Å². The number of aliphatic hydroxyl groups is 1. The molecule has 0 bridgehead atoms. The number of amides is 6. The van der Waals surface area contributed by atoms with Gasteiger partial charge < -0.3 is 112 Å². The number of oxime groups is 14. The fourth-order valence-corrected chi connectivity index (χ4v) is 10.6. The summed E-state index contributed by atoms with van der Waals surface area (Å²) in [4.78, 5) is 155. The zero-order chi connectivity index (χ0) is 83.4. The Bertz CT molecular complexity index is 3400. The molecule has 3 atom stereocenters. The van der Waals surface area contributed by atoms with Gasteiger partial charge in [0.1, 0.15) is 132 Å². The summed E-state index contributed by atoms with van der Waals surface area (Å²) in [5.74, 6) is -1.42. The zero-order valence-corrected chi connectivity index (χ0v) is 77.5. The third kappa shape index (κ3) is 40.0. The second kappa shape index (κ2) is 63.6. The molecule has 6 aliphatic rings. The fourth-order valence-electron chi connectivity index (χ4n) is 10.6. The Hall–Kier alpha value is -8.73. The molecule has 47 heteroatoms. The van der Waals surface area contributed by atoms with Crippen LogP contribution < -0.4 is 0 Å². The molecule has 0 aromatic rings. The Labute approximate surface area is 714 Å². The number of hydrogen-bond acceptors (Lipinski definition) is 38. The first-order valence-electron chi connectivity index (χ1n) is 34.8. The van der Waals surface area contributed by atoms with Crippen LogP contribution in [0.4, 0.5) is 0 Å². The van der Waals surface area contributed by atoms with Crippen LogP contribution in [0, 0.1) is 31.1 Å². The molecule has 639 valence electrons. The van der Waals surface area contributed by atoms with Crippen molar-refractivity contribution < 1.29 is 187 Å². The molecule has 6 saturated heterocycles. The Morgan fingerprint density at radius 1 is 0.360 bits per heavy atom. The van der Waals surface area contributed by atoms with E-state index in [0.29, 0.717) is 177 Å². The number of nitrogens with zero attached hydrogens (tertiary/aromatic N) is 20. The van der Waals surface area contributed by atoms with Gasteiger partial charge in [0, 0.05) is 188 Å². The Kier molecular flexibility index (Phi) is 61.0. The molecule has 6 amide bonds. The third-order valence-corrected chi connectivity index (χ3v) is 15.7. The topological polar surface area (TPSA) is 491 Å². The summed E-state index contributed by atoms with van der Waals surface area (Å²) in [6.45, 7) is 20.6. The molecular weight excluding hydrogens is 1940 g/mol. The predicted molar refractivity (Wildman–Crippen MR) is 409 cm³/mol. The Morgan fingerprint density at radius 3 is 0.877 bits per heavy atom. The van der Waals surface area contributed by atoms with Gasteiger partial charge in [-0.05, 0) is 68.2 Å².